The van der Waals surface area contributed by atoms with Crippen molar-refractivity contribution in [2.45, 2.75) is 77.6 Å². The Morgan fingerprint density at radius 2 is 1.20 bits per heavy atom. The van der Waals surface area contributed by atoms with Crippen LogP contribution >= 0.6 is 0 Å². The summed E-state index contributed by atoms with van der Waals surface area (Å²) in [6.07, 6.45) is 13.6. The molecule has 0 heterocycles. The highest BCUT2D eigenvalue weighted by Gasteiger charge is 1.95. The Kier molecular flexibility index (Phi) is 13.7. The Balaban J connectivity index is 3.03. The van der Waals surface area contributed by atoms with Crippen molar-refractivity contribution >= 4 is 10.1 Å². The predicted molar refractivity (Wildman–Crippen MR) is 83.9 cm³/mol. The predicted octanol–water partition coefficient (Wildman–Crippen LogP) is 3.43. The molecule has 0 aromatic heterocycles. The lowest BCUT2D eigenvalue weighted by Gasteiger charge is -2.07. The van der Waals surface area contributed by atoms with Gasteiger partial charge in [-0.2, -0.15) is 0 Å². The van der Waals surface area contributed by atoms with Crippen LogP contribution in [-0.2, 0) is 10.1 Å². The minimum Gasteiger partial charge on any atom is -0.748 e. The zero-order valence-corrected chi connectivity index (χ0v) is 13.8. The van der Waals surface area contributed by atoms with Gasteiger partial charge in [0, 0.05) is 5.75 Å². The first-order valence-corrected chi connectivity index (χ1v) is 9.78. The minimum absolute atomic E-state index is 0.252. The molecule has 5 heteroatoms. The van der Waals surface area contributed by atoms with Gasteiger partial charge < -0.3 is 9.87 Å². The van der Waals surface area contributed by atoms with Crippen LogP contribution in [0.5, 0.6) is 0 Å². The first-order chi connectivity index (χ1) is 9.56. The smallest absolute Gasteiger partial charge is 0.0946 e. The lowest BCUT2D eigenvalue weighted by atomic mass is 10.1. The highest BCUT2D eigenvalue weighted by Crippen LogP contribution is 2.10. The molecule has 0 aromatic carbocycles. The summed E-state index contributed by atoms with van der Waals surface area (Å²) in [4.78, 5) is 0. The van der Waals surface area contributed by atoms with Gasteiger partial charge in [-0.1, -0.05) is 64.7 Å². The second-order valence-electron chi connectivity index (χ2n) is 5.55. The zero-order chi connectivity index (χ0) is 15.1. The van der Waals surface area contributed by atoms with Crippen LogP contribution in [0.2, 0.25) is 0 Å². The number of rotatable bonds is 15. The number of hydrogen-bond acceptors (Lipinski definition) is 4. The molecule has 0 saturated carbocycles. The molecule has 4 nitrogen and oxygen atoms in total. The molecule has 122 valence electrons. The van der Waals surface area contributed by atoms with Crippen molar-refractivity contribution in [2.24, 2.45) is 0 Å². The fourth-order valence-electron chi connectivity index (χ4n) is 2.24. The van der Waals surface area contributed by atoms with E-state index >= 15 is 0 Å². The normalized spacial score (nSPS) is 11.9. The average Bonchev–Trinajstić information content (AvgIpc) is 2.38. The van der Waals surface area contributed by atoms with Crippen molar-refractivity contribution in [2.75, 3.05) is 18.8 Å². The third-order valence-electron chi connectivity index (χ3n) is 3.45. The standard InChI is InChI=1S/C15H33NO3S/c1-2-3-4-5-6-7-8-9-10-11-13-16-14-12-15-20(17,18)19/h16H,2-15H2,1H3,(H,17,18,19)/p-1. The topological polar surface area (TPSA) is 69.2 Å². The van der Waals surface area contributed by atoms with Gasteiger partial charge in [0.25, 0.3) is 0 Å². The van der Waals surface area contributed by atoms with Crippen LogP contribution in [0.1, 0.15) is 77.6 Å². The Morgan fingerprint density at radius 3 is 1.70 bits per heavy atom. The lowest BCUT2D eigenvalue weighted by Crippen LogP contribution is -2.19. The first-order valence-electron chi connectivity index (χ1n) is 8.20. The maximum atomic E-state index is 10.4. The van der Waals surface area contributed by atoms with E-state index in [1.54, 1.807) is 0 Å². The molecule has 0 radical (unpaired) electrons. The second kappa shape index (κ2) is 13.8. The van der Waals surface area contributed by atoms with Gasteiger partial charge in [-0.15, -0.1) is 0 Å². The van der Waals surface area contributed by atoms with Gasteiger partial charge in [-0.05, 0) is 25.9 Å². The molecule has 0 rings (SSSR count). The van der Waals surface area contributed by atoms with E-state index in [0.717, 1.165) is 13.0 Å². The quantitative estimate of drug-likeness (QED) is 0.372. The molecule has 0 aliphatic rings. The van der Waals surface area contributed by atoms with Crippen LogP contribution in [0.4, 0.5) is 0 Å². The van der Waals surface area contributed by atoms with E-state index < -0.39 is 10.1 Å². The monoisotopic (exact) mass is 306 g/mol. The van der Waals surface area contributed by atoms with Crippen LogP contribution in [0.25, 0.3) is 0 Å². The van der Waals surface area contributed by atoms with E-state index in [0.29, 0.717) is 13.0 Å². The van der Waals surface area contributed by atoms with Crippen LogP contribution in [0.15, 0.2) is 0 Å². The average molecular weight is 306 g/mol. The molecular formula is C15H32NO3S-. The number of unbranched alkanes of at least 4 members (excludes halogenated alkanes) is 9. The van der Waals surface area contributed by atoms with E-state index in [-0.39, 0.29) is 5.75 Å². The summed E-state index contributed by atoms with van der Waals surface area (Å²) >= 11 is 0. The Hall–Kier alpha value is -0.130. The van der Waals surface area contributed by atoms with E-state index in [4.69, 9.17) is 0 Å². The Morgan fingerprint density at radius 1 is 0.750 bits per heavy atom. The van der Waals surface area contributed by atoms with Gasteiger partial charge in [-0.3, -0.25) is 0 Å². The Labute approximate surface area is 125 Å². The van der Waals surface area contributed by atoms with Gasteiger partial charge in [0.15, 0.2) is 0 Å². The third kappa shape index (κ3) is 17.9. The molecule has 0 saturated heterocycles. The van der Waals surface area contributed by atoms with Crippen LogP contribution in [0, 0.1) is 0 Å². The third-order valence-corrected chi connectivity index (χ3v) is 4.24. The largest absolute Gasteiger partial charge is 0.748 e. The molecule has 0 atom stereocenters. The van der Waals surface area contributed by atoms with Gasteiger partial charge >= 0.3 is 0 Å². The number of nitrogens with one attached hydrogen (secondary N) is 1. The van der Waals surface area contributed by atoms with Crippen molar-refractivity contribution in [3.8, 4) is 0 Å². The summed E-state index contributed by atoms with van der Waals surface area (Å²) in [6.45, 7) is 3.79. The summed E-state index contributed by atoms with van der Waals surface area (Å²) in [6, 6.07) is 0. The van der Waals surface area contributed by atoms with Crippen molar-refractivity contribution in [3.63, 3.8) is 0 Å². The van der Waals surface area contributed by atoms with Crippen molar-refractivity contribution < 1.29 is 13.0 Å². The lowest BCUT2D eigenvalue weighted by molar-refractivity contribution is 0.459. The second-order valence-corrected chi connectivity index (χ2v) is 7.07. The van der Waals surface area contributed by atoms with Gasteiger partial charge in [0.05, 0.1) is 10.1 Å². The van der Waals surface area contributed by atoms with E-state index in [1.165, 1.54) is 57.8 Å². The molecule has 20 heavy (non-hydrogen) atoms. The molecule has 0 fully saturated rings. The maximum absolute atomic E-state index is 10.4. The van der Waals surface area contributed by atoms with Crippen LogP contribution in [0.3, 0.4) is 0 Å². The van der Waals surface area contributed by atoms with Gasteiger partial charge in [-0.25, -0.2) is 8.42 Å². The summed E-state index contributed by atoms with van der Waals surface area (Å²) in [7, 11) is -4.03. The van der Waals surface area contributed by atoms with Crippen LogP contribution in [-0.4, -0.2) is 31.8 Å². The van der Waals surface area contributed by atoms with E-state index in [9.17, 15) is 13.0 Å². The molecular weight excluding hydrogens is 274 g/mol. The summed E-state index contributed by atoms with van der Waals surface area (Å²) in [5, 5.41) is 3.18. The van der Waals surface area contributed by atoms with E-state index in [2.05, 4.69) is 12.2 Å². The molecule has 0 aromatic rings. The maximum Gasteiger partial charge on any atom is 0.0946 e. The fourth-order valence-corrected chi connectivity index (χ4v) is 2.73. The van der Waals surface area contributed by atoms with Gasteiger partial charge in [0.1, 0.15) is 0 Å². The summed E-state index contributed by atoms with van der Waals surface area (Å²) < 4.78 is 31.1. The summed E-state index contributed by atoms with van der Waals surface area (Å²) in [5.41, 5.74) is 0. The molecule has 0 spiro atoms. The SMILES string of the molecule is CCCCCCCCCCCCNCCCS(=O)(=O)[O-]. The van der Waals surface area contributed by atoms with Gasteiger partial charge in [0.2, 0.25) is 0 Å². The molecule has 0 unspecified atom stereocenters. The first kappa shape index (κ1) is 19.9. The van der Waals surface area contributed by atoms with Crippen molar-refractivity contribution in [1.29, 1.82) is 0 Å². The summed E-state index contributed by atoms with van der Waals surface area (Å²) in [5.74, 6) is -0.252. The number of hydrogen-bond donors (Lipinski definition) is 1. The minimum atomic E-state index is -4.03. The molecule has 0 amide bonds. The Bertz CT molecular complexity index is 291. The molecule has 1 N–H and O–H groups in total. The molecule has 0 aliphatic heterocycles. The molecule has 0 bridgehead atoms. The highest BCUT2D eigenvalue weighted by atomic mass is 32.2. The van der Waals surface area contributed by atoms with Crippen molar-refractivity contribution in [3.05, 3.63) is 0 Å². The highest BCUT2D eigenvalue weighted by molar-refractivity contribution is 7.85. The zero-order valence-electron chi connectivity index (χ0n) is 13.0. The fraction of sp³-hybridized carbons (Fsp3) is 1.00. The van der Waals surface area contributed by atoms with E-state index in [1.807, 2.05) is 0 Å². The van der Waals surface area contributed by atoms with Crippen molar-refractivity contribution in [1.82, 2.24) is 5.32 Å². The molecule has 0 aliphatic carbocycles. The van der Waals surface area contributed by atoms with Crippen LogP contribution < -0.4 is 5.32 Å².